The number of aryl methyl sites for hydroxylation is 2. The Morgan fingerprint density at radius 2 is 1.90 bits per heavy atom. The van der Waals surface area contributed by atoms with Gasteiger partial charge in [0.25, 0.3) is 0 Å². The van der Waals surface area contributed by atoms with E-state index in [0.29, 0.717) is 12.1 Å². The second-order valence-corrected chi connectivity index (χ2v) is 4.73. The van der Waals surface area contributed by atoms with Gasteiger partial charge in [-0.1, -0.05) is 18.2 Å². The molecular weight excluding hydrogens is 260 g/mol. The van der Waals surface area contributed by atoms with Crippen LogP contribution in [0.1, 0.15) is 27.9 Å². The number of ketones is 1. The van der Waals surface area contributed by atoms with Crippen molar-refractivity contribution < 1.29 is 13.6 Å². The first-order valence-electron chi connectivity index (χ1n) is 6.31. The number of hydrogen-bond donors (Lipinski definition) is 1. The number of anilines is 1. The number of Topliss-reactive ketones (excluding diaryl/α,β-unsaturated/α-hetero) is 1. The van der Waals surface area contributed by atoms with Gasteiger partial charge in [-0.05, 0) is 42.7 Å². The van der Waals surface area contributed by atoms with Crippen LogP contribution in [0.15, 0.2) is 36.4 Å². The van der Waals surface area contributed by atoms with E-state index in [4.69, 9.17) is 5.73 Å². The summed E-state index contributed by atoms with van der Waals surface area (Å²) in [5.74, 6) is -2.44. The molecule has 2 rings (SSSR count). The highest BCUT2D eigenvalue weighted by Gasteiger charge is 2.16. The van der Waals surface area contributed by atoms with Crippen molar-refractivity contribution in [2.75, 3.05) is 5.73 Å². The molecule has 20 heavy (non-hydrogen) atoms. The van der Waals surface area contributed by atoms with Crippen LogP contribution in [-0.2, 0) is 6.42 Å². The number of nitrogen functional groups attached to an aromatic ring is 1. The average molecular weight is 275 g/mol. The lowest BCUT2D eigenvalue weighted by Gasteiger charge is -2.06. The lowest BCUT2D eigenvalue weighted by Crippen LogP contribution is -2.06. The summed E-state index contributed by atoms with van der Waals surface area (Å²) in [6, 6.07) is 9.89. The standard InChI is InChI=1S/C16H15F2NO/c1-10-5-7-13(16(18)15(10)17)14(20)8-6-11-3-2-4-12(19)9-11/h2-5,7,9H,6,8,19H2,1H3. The van der Waals surface area contributed by atoms with Gasteiger partial charge < -0.3 is 5.73 Å². The van der Waals surface area contributed by atoms with Gasteiger partial charge in [-0.2, -0.15) is 0 Å². The monoisotopic (exact) mass is 275 g/mol. The third-order valence-electron chi connectivity index (χ3n) is 3.17. The van der Waals surface area contributed by atoms with Crippen LogP contribution in [0.4, 0.5) is 14.5 Å². The average Bonchev–Trinajstić information content (AvgIpc) is 2.42. The van der Waals surface area contributed by atoms with Gasteiger partial charge in [-0.25, -0.2) is 8.78 Å². The van der Waals surface area contributed by atoms with Crippen molar-refractivity contribution in [3.8, 4) is 0 Å². The molecule has 4 heteroatoms. The summed E-state index contributed by atoms with van der Waals surface area (Å²) in [6.45, 7) is 1.46. The van der Waals surface area contributed by atoms with Gasteiger partial charge in [0.1, 0.15) is 0 Å². The van der Waals surface area contributed by atoms with Gasteiger partial charge in [0.05, 0.1) is 5.56 Å². The molecule has 0 fully saturated rings. The number of nitrogens with two attached hydrogens (primary N) is 1. The molecule has 0 aliphatic rings. The molecule has 2 aromatic rings. The molecule has 0 heterocycles. The molecule has 0 bridgehead atoms. The van der Waals surface area contributed by atoms with Crippen LogP contribution in [0.5, 0.6) is 0 Å². The SMILES string of the molecule is Cc1ccc(C(=O)CCc2cccc(N)c2)c(F)c1F. The molecule has 0 radical (unpaired) electrons. The number of halogens is 2. The summed E-state index contributed by atoms with van der Waals surface area (Å²) in [5.41, 5.74) is 7.14. The Kier molecular flexibility index (Phi) is 4.13. The van der Waals surface area contributed by atoms with E-state index >= 15 is 0 Å². The summed E-state index contributed by atoms with van der Waals surface area (Å²) in [5, 5.41) is 0. The Hall–Kier alpha value is -2.23. The number of carbonyl (C=O) groups excluding carboxylic acids is 1. The number of rotatable bonds is 4. The first-order valence-corrected chi connectivity index (χ1v) is 6.31. The summed E-state index contributed by atoms with van der Waals surface area (Å²) >= 11 is 0. The smallest absolute Gasteiger partial charge is 0.169 e. The lowest BCUT2D eigenvalue weighted by atomic mass is 10.0. The maximum absolute atomic E-state index is 13.7. The van der Waals surface area contributed by atoms with E-state index in [9.17, 15) is 13.6 Å². The highest BCUT2D eigenvalue weighted by atomic mass is 19.2. The molecule has 0 saturated carbocycles. The van der Waals surface area contributed by atoms with E-state index in [0.717, 1.165) is 5.56 Å². The van der Waals surface area contributed by atoms with E-state index in [1.54, 1.807) is 18.2 Å². The molecule has 0 saturated heterocycles. The molecule has 0 spiro atoms. The van der Waals surface area contributed by atoms with Crippen molar-refractivity contribution >= 4 is 11.5 Å². The van der Waals surface area contributed by atoms with E-state index in [-0.39, 0.29) is 17.5 Å². The molecule has 0 aliphatic carbocycles. The molecule has 104 valence electrons. The quantitative estimate of drug-likeness (QED) is 0.683. The zero-order chi connectivity index (χ0) is 14.7. The predicted octanol–water partition coefficient (Wildman–Crippen LogP) is 3.67. The molecule has 0 aliphatic heterocycles. The minimum absolute atomic E-state index is 0.114. The fraction of sp³-hybridized carbons (Fsp3) is 0.188. The third kappa shape index (κ3) is 3.02. The predicted molar refractivity (Wildman–Crippen MR) is 74.6 cm³/mol. The van der Waals surface area contributed by atoms with Crippen LogP contribution in [0, 0.1) is 18.6 Å². The molecular formula is C16H15F2NO. The largest absolute Gasteiger partial charge is 0.399 e. The minimum atomic E-state index is -1.07. The van der Waals surface area contributed by atoms with Crippen LogP contribution in [0.3, 0.4) is 0 Å². The van der Waals surface area contributed by atoms with Gasteiger partial charge >= 0.3 is 0 Å². The van der Waals surface area contributed by atoms with Gasteiger partial charge in [0.2, 0.25) is 0 Å². The molecule has 2 aromatic carbocycles. The van der Waals surface area contributed by atoms with Crippen molar-refractivity contribution in [1.29, 1.82) is 0 Å². The van der Waals surface area contributed by atoms with E-state index in [2.05, 4.69) is 0 Å². The van der Waals surface area contributed by atoms with Crippen LogP contribution in [-0.4, -0.2) is 5.78 Å². The van der Waals surface area contributed by atoms with Crippen molar-refractivity contribution in [3.63, 3.8) is 0 Å². The van der Waals surface area contributed by atoms with Crippen LogP contribution in [0.2, 0.25) is 0 Å². The van der Waals surface area contributed by atoms with Crippen molar-refractivity contribution in [2.24, 2.45) is 0 Å². The normalized spacial score (nSPS) is 10.6. The second-order valence-electron chi connectivity index (χ2n) is 4.73. The van der Waals surface area contributed by atoms with Crippen molar-refractivity contribution in [3.05, 3.63) is 64.7 Å². The van der Waals surface area contributed by atoms with Crippen LogP contribution >= 0.6 is 0 Å². The molecule has 2 N–H and O–H groups in total. The highest BCUT2D eigenvalue weighted by molar-refractivity contribution is 5.96. The van der Waals surface area contributed by atoms with Gasteiger partial charge in [-0.3, -0.25) is 4.79 Å². The Bertz CT molecular complexity index is 653. The summed E-state index contributed by atoms with van der Waals surface area (Å²) < 4.78 is 27.1. The minimum Gasteiger partial charge on any atom is -0.399 e. The summed E-state index contributed by atoms with van der Waals surface area (Å²) in [6.07, 6.45) is 0.557. The van der Waals surface area contributed by atoms with E-state index < -0.39 is 17.4 Å². The maximum atomic E-state index is 13.7. The summed E-state index contributed by atoms with van der Waals surface area (Å²) in [4.78, 5) is 11.9. The zero-order valence-corrected chi connectivity index (χ0v) is 11.1. The van der Waals surface area contributed by atoms with Gasteiger partial charge in [0.15, 0.2) is 17.4 Å². The second kappa shape index (κ2) is 5.82. The molecule has 2 nitrogen and oxygen atoms in total. The Morgan fingerprint density at radius 1 is 1.15 bits per heavy atom. The fourth-order valence-corrected chi connectivity index (χ4v) is 2.00. The first kappa shape index (κ1) is 14.2. The Labute approximate surface area is 116 Å². The molecule has 0 atom stereocenters. The number of carbonyl (C=O) groups is 1. The van der Waals surface area contributed by atoms with Crippen molar-refractivity contribution in [1.82, 2.24) is 0 Å². The molecule has 0 amide bonds. The number of benzene rings is 2. The van der Waals surface area contributed by atoms with Crippen molar-refractivity contribution in [2.45, 2.75) is 19.8 Å². The Morgan fingerprint density at radius 3 is 2.60 bits per heavy atom. The first-order chi connectivity index (χ1) is 9.49. The van der Waals surface area contributed by atoms with Gasteiger partial charge in [-0.15, -0.1) is 0 Å². The molecule has 0 unspecified atom stereocenters. The molecule has 0 aromatic heterocycles. The maximum Gasteiger partial charge on any atom is 0.169 e. The van der Waals surface area contributed by atoms with E-state index in [1.165, 1.54) is 19.1 Å². The third-order valence-corrected chi connectivity index (χ3v) is 3.17. The van der Waals surface area contributed by atoms with Gasteiger partial charge in [0, 0.05) is 12.1 Å². The van der Waals surface area contributed by atoms with Crippen LogP contribution < -0.4 is 5.73 Å². The summed E-state index contributed by atoms with van der Waals surface area (Å²) in [7, 11) is 0. The fourth-order valence-electron chi connectivity index (χ4n) is 2.00. The lowest BCUT2D eigenvalue weighted by molar-refractivity contribution is 0.0978. The van der Waals surface area contributed by atoms with E-state index in [1.807, 2.05) is 6.07 Å². The highest BCUT2D eigenvalue weighted by Crippen LogP contribution is 2.18. The Balaban J connectivity index is 2.11. The zero-order valence-electron chi connectivity index (χ0n) is 11.1. The van der Waals surface area contributed by atoms with Crippen LogP contribution in [0.25, 0.3) is 0 Å². The topological polar surface area (TPSA) is 43.1 Å². The number of hydrogen-bond acceptors (Lipinski definition) is 2.